The highest BCUT2D eigenvalue weighted by Gasteiger charge is 2.12. The lowest BCUT2D eigenvalue weighted by Gasteiger charge is -2.22. The number of hydrogen-bond acceptors (Lipinski definition) is 4. The van der Waals surface area contributed by atoms with Gasteiger partial charge in [-0.25, -0.2) is 5.84 Å². The minimum absolute atomic E-state index is 0.0839. The van der Waals surface area contributed by atoms with Crippen LogP contribution in [-0.4, -0.2) is 54.8 Å². The maximum absolute atomic E-state index is 11.7. The molecule has 3 N–H and O–H groups in total. The Morgan fingerprint density at radius 2 is 1.81 bits per heavy atom. The van der Waals surface area contributed by atoms with Crippen molar-refractivity contribution in [1.29, 1.82) is 0 Å². The van der Waals surface area contributed by atoms with E-state index in [4.69, 9.17) is 5.84 Å². The molecule has 0 atom stereocenters. The molecule has 6 nitrogen and oxygen atoms in total. The molecule has 6 heteroatoms. The summed E-state index contributed by atoms with van der Waals surface area (Å²) in [7, 11) is 1.81. The van der Waals surface area contributed by atoms with Crippen molar-refractivity contribution in [3.8, 4) is 0 Å². The quantitative estimate of drug-likeness (QED) is 0.340. The summed E-state index contributed by atoms with van der Waals surface area (Å²) < 4.78 is 0. The van der Waals surface area contributed by atoms with Crippen LogP contribution in [0.1, 0.15) is 20.3 Å². The first-order valence-electron chi connectivity index (χ1n) is 5.50. The molecule has 0 aromatic rings. The number of hydrazine groups is 1. The van der Waals surface area contributed by atoms with Crippen molar-refractivity contribution in [3.63, 3.8) is 0 Å². The fraction of sp³-hybridized carbons (Fsp3) is 0.800. The second-order valence-electron chi connectivity index (χ2n) is 3.62. The fourth-order valence-electron chi connectivity index (χ4n) is 1.35. The molecule has 0 aromatic carbocycles. The van der Waals surface area contributed by atoms with Crippen molar-refractivity contribution in [3.05, 3.63) is 0 Å². The van der Waals surface area contributed by atoms with Crippen LogP contribution in [0.15, 0.2) is 0 Å². The van der Waals surface area contributed by atoms with E-state index in [1.807, 2.05) is 25.8 Å². The van der Waals surface area contributed by atoms with Crippen molar-refractivity contribution < 1.29 is 9.59 Å². The van der Waals surface area contributed by atoms with Crippen LogP contribution in [0.5, 0.6) is 0 Å². The Morgan fingerprint density at radius 3 is 2.25 bits per heavy atom. The Kier molecular flexibility index (Phi) is 7.49. The van der Waals surface area contributed by atoms with Gasteiger partial charge < -0.3 is 4.90 Å². The summed E-state index contributed by atoms with van der Waals surface area (Å²) in [5, 5.41) is 0. The van der Waals surface area contributed by atoms with Crippen molar-refractivity contribution in [2.45, 2.75) is 20.3 Å². The summed E-state index contributed by atoms with van der Waals surface area (Å²) in [5.74, 6) is 4.82. The van der Waals surface area contributed by atoms with Gasteiger partial charge in [0.25, 0.3) is 0 Å². The molecule has 94 valence electrons. The van der Waals surface area contributed by atoms with Crippen LogP contribution in [0.4, 0.5) is 0 Å². The lowest BCUT2D eigenvalue weighted by Crippen LogP contribution is -2.40. The number of hydrogen-bond donors (Lipinski definition) is 2. The minimum Gasteiger partial charge on any atom is -0.342 e. The van der Waals surface area contributed by atoms with Gasteiger partial charge in [0.05, 0.1) is 6.54 Å². The van der Waals surface area contributed by atoms with Gasteiger partial charge in [0.2, 0.25) is 11.8 Å². The number of nitrogens with zero attached hydrogens (tertiary/aromatic N) is 2. The summed E-state index contributed by atoms with van der Waals surface area (Å²) >= 11 is 0. The highest BCUT2D eigenvalue weighted by molar-refractivity contribution is 5.78. The van der Waals surface area contributed by atoms with Gasteiger partial charge in [0, 0.05) is 26.1 Å². The van der Waals surface area contributed by atoms with Crippen LogP contribution in [-0.2, 0) is 9.59 Å². The molecule has 0 aromatic heterocycles. The smallest absolute Gasteiger partial charge is 0.236 e. The predicted octanol–water partition coefficient (Wildman–Crippen LogP) is -0.833. The first kappa shape index (κ1) is 14.9. The summed E-state index contributed by atoms with van der Waals surface area (Å²) in [6.07, 6.45) is 0.304. The van der Waals surface area contributed by atoms with Crippen molar-refractivity contribution >= 4 is 11.8 Å². The summed E-state index contributed by atoms with van der Waals surface area (Å²) in [4.78, 5) is 26.2. The van der Waals surface area contributed by atoms with E-state index in [1.165, 1.54) is 0 Å². The zero-order valence-electron chi connectivity index (χ0n) is 10.3. The standard InChI is InChI=1S/C10H22N4O2/c1-4-14(5-2)10(16)8-13(3)7-6-9(15)12-11/h4-8,11H2,1-3H3,(H,12,15). The van der Waals surface area contributed by atoms with Gasteiger partial charge in [-0.05, 0) is 20.9 Å². The topological polar surface area (TPSA) is 78.7 Å². The molecule has 0 radical (unpaired) electrons. The Bertz CT molecular complexity index is 229. The predicted molar refractivity (Wildman–Crippen MR) is 62.4 cm³/mol. The molecule has 16 heavy (non-hydrogen) atoms. The van der Waals surface area contributed by atoms with Crippen molar-refractivity contribution in [2.75, 3.05) is 33.2 Å². The highest BCUT2D eigenvalue weighted by Crippen LogP contribution is 1.93. The number of carbonyl (C=O) groups excluding carboxylic acids is 2. The second kappa shape index (κ2) is 8.06. The molecule has 0 aliphatic carbocycles. The molecule has 0 aliphatic heterocycles. The van der Waals surface area contributed by atoms with E-state index in [0.717, 1.165) is 0 Å². The average molecular weight is 230 g/mol. The molecule has 0 fully saturated rings. The van der Waals surface area contributed by atoms with E-state index in [0.29, 0.717) is 32.6 Å². The Labute approximate surface area is 96.7 Å². The maximum atomic E-state index is 11.7. The molecule has 0 unspecified atom stereocenters. The van der Waals surface area contributed by atoms with Crippen LogP contribution in [0, 0.1) is 0 Å². The third kappa shape index (κ3) is 5.67. The Balaban J connectivity index is 3.90. The van der Waals surface area contributed by atoms with Crippen LogP contribution in [0.3, 0.4) is 0 Å². The molecule has 0 saturated heterocycles. The van der Waals surface area contributed by atoms with Crippen molar-refractivity contribution in [2.24, 2.45) is 5.84 Å². The number of nitrogens with one attached hydrogen (secondary N) is 1. The summed E-state index contributed by atoms with van der Waals surface area (Å²) in [5.41, 5.74) is 2.06. The minimum atomic E-state index is -0.220. The van der Waals surface area contributed by atoms with E-state index in [1.54, 1.807) is 4.90 Å². The van der Waals surface area contributed by atoms with E-state index < -0.39 is 0 Å². The average Bonchev–Trinajstić information content (AvgIpc) is 2.27. The lowest BCUT2D eigenvalue weighted by atomic mass is 10.3. The van der Waals surface area contributed by atoms with Crippen LogP contribution >= 0.6 is 0 Å². The number of nitrogens with two attached hydrogens (primary N) is 1. The van der Waals surface area contributed by atoms with Gasteiger partial charge in [-0.2, -0.15) is 0 Å². The Hall–Kier alpha value is -1.14. The van der Waals surface area contributed by atoms with Crippen LogP contribution < -0.4 is 11.3 Å². The maximum Gasteiger partial charge on any atom is 0.236 e. The van der Waals surface area contributed by atoms with E-state index in [2.05, 4.69) is 5.43 Å². The SMILES string of the molecule is CCN(CC)C(=O)CN(C)CCC(=O)NN. The zero-order valence-corrected chi connectivity index (χ0v) is 10.3. The number of carbonyl (C=O) groups is 2. The lowest BCUT2D eigenvalue weighted by molar-refractivity contribution is -0.132. The third-order valence-electron chi connectivity index (χ3n) is 2.40. The summed E-state index contributed by atoms with van der Waals surface area (Å²) in [6.45, 7) is 6.18. The molecule has 0 spiro atoms. The molecule has 0 saturated carbocycles. The van der Waals surface area contributed by atoms with Gasteiger partial charge in [-0.1, -0.05) is 0 Å². The van der Waals surface area contributed by atoms with Crippen molar-refractivity contribution in [1.82, 2.24) is 15.2 Å². The largest absolute Gasteiger partial charge is 0.342 e. The molecular weight excluding hydrogens is 208 g/mol. The normalized spacial score (nSPS) is 10.3. The fourth-order valence-corrected chi connectivity index (χ4v) is 1.35. The highest BCUT2D eigenvalue weighted by atomic mass is 16.2. The van der Waals surface area contributed by atoms with Gasteiger partial charge in [-0.3, -0.25) is 19.9 Å². The summed E-state index contributed by atoms with van der Waals surface area (Å²) in [6, 6.07) is 0. The molecule has 0 bridgehead atoms. The molecule has 0 heterocycles. The first-order valence-corrected chi connectivity index (χ1v) is 5.50. The van der Waals surface area contributed by atoms with Gasteiger partial charge in [0.1, 0.15) is 0 Å². The van der Waals surface area contributed by atoms with E-state index in [9.17, 15) is 9.59 Å². The molecule has 0 rings (SSSR count). The number of likely N-dealkylation sites (N-methyl/N-ethyl adjacent to an activating group) is 2. The van der Waals surface area contributed by atoms with E-state index >= 15 is 0 Å². The molecule has 0 aliphatic rings. The molecular formula is C10H22N4O2. The Morgan fingerprint density at radius 1 is 1.25 bits per heavy atom. The number of amides is 2. The molecule has 2 amide bonds. The van der Waals surface area contributed by atoms with Gasteiger partial charge >= 0.3 is 0 Å². The van der Waals surface area contributed by atoms with Gasteiger partial charge in [-0.15, -0.1) is 0 Å². The van der Waals surface area contributed by atoms with Gasteiger partial charge in [0.15, 0.2) is 0 Å². The second-order valence-corrected chi connectivity index (χ2v) is 3.62. The van der Waals surface area contributed by atoms with Crippen LogP contribution in [0.2, 0.25) is 0 Å². The van der Waals surface area contributed by atoms with Crippen LogP contribution in [0.25, 0.3) is 0 Å². The monoisotopic (exact) mass is 230 g/mol. The zero-order chi connectivity index (χ0) is 12.6. The first-order chi connectivity index (χ1) is 7.54. The van der Waals surface area contributed by atoms with E-state index in [-0.39, 0.29) is 11.8 Å². The number of rotatable bonds is 7. The third-order valence-corrected chi connectivity index (χ3v) is 2.40.